The molecule has 2 heterocycles. The Morgan fingerprint density at radius 1 is 1.52 bits per heavy atom. The van der Waals surface area contributed by atoms with Crippen LogP contribution in [0.25, 0.3) is 0 Å². The molecule has 1 aliphatic rings. The van der Waals surface area contributed by atoms with Gasteiger partial charge in [0.2, 0.25) is 0 Å². The molecule has 0 radical (unpaired) electrons. The number of methoxy groups -OCH3 is 1. The zero-order chi connectivity index (χ0) is 18.0. The number of nitrogens with zero attached hydrogens (tertiary/aromatic N) is 2. The summed E-state index contributed by atoms with van der Waals surface area (Å²) in [5.74, 6) is -0.702. The van der Waals surface area contributed by atoms with Gasteiger partial charge in [-0.3, -0.25) is 4.99 Å². The van der Waals surface area contributed by atoms with Crippen molar-refractivity contribution >= 4 is 50.7 Å². The fraction of sp³-hybridized carbons (Fsp3) is 0.188. The van der Waals surface area contributed by atoms with Crippen LogP contribution in [-0.4, -0.2) is 29.2 Å². The van der Waals surface area contributed by atoms with E-state index < -0.39 is 17.8 Å². The van der Waals surface area contributed by atoms with Crippen molar-refractivity contribution in [3.63, 3.8) is 0 Å². The van der Waals surface area contributed by atoms with Gasteiger partial charge in [-0.15, -0.1) is 11.3 Å². The second-order valence-corrected chi connectivity index (χ2v) is 6.86. The lowest BCUT2D eigenvalue weighted by molar-refractivity contribution is -0.136. The molecule has 1 aliphatic heterocycles. The Balaban J connectivity index is 2.21. The topological polar surface area (TPSA) is 63.6 Å². The maximum absolute atomic E-state index is 14.5. The number of hydrogen-bond donors (Lipinski definition) is 1. The first kappa shape index (κ1) is 18.0. The van der Waals surface area contributed by atoms with Gasteiger partial charge in [-0.25, -0.2) is 14.2 Å². The standard InChI is InChI=1S/C16H12BrClFN3O2S/c1-24-16(23)12-10(7-17)21-14(15-20-5-6-25-15)22-13(12)11-8(18)3-2-4-9(11)19/h2-6,13H,7H2,1H3,(H,21,22)/t13-/m0/s1. The summed E-state index contributed by atoms with van der Waals surface area (Å²) in [5.41, 5.74) is 0.849. The van der Waals surface area contributed by atoms with Gasteiger partial charge in [0.05, 0.1) is 12.7 Å². The molecule has 1 atom stereocenters. The van der Waals surface area contributed by atoms with Crippen LogP contribution >= 0.6 is 38.9 Å². The molecule has 130 valence electrons. The molecule has 3 rings (SSSR count). The van der Waals surface area contributed by atoms with Crippen LogP contribution in [0.2, 0.25) is 5.02 Å². The van der Waals surface area contributed by atoms with Crippen LogP contribution in [0.4, 0.5) is 4.39 Å². The maximum atomic E-state index is 14.5. The quantitative estimate of drug-likeness (QED) is 0.575. The summed E-state index contributed by atoms with van der Waals surface area (Å²) in [5, 5.41) is 6.01. The monoisotopic (exact) mass is 443 g/mol. The molecule has 0 spiro atoms. The number of amidine groups is 1. The smallest absolute Gasteiger partial charge is 0.338 e. The van der Waals surface area contributed by atoms with Crippen molar-refractivity contribution in [2.75, 3.05) is 12.4 Å². The van der Waals surface area contributed by atoms with E-state index in [0.29, 0.717) is 21.9 Å². The van der Waals surface area contributed by atoms with E-state index in [1.165, 1.54) is 30.6 Å². The Morgan fingerprint density at radius 2 is 2.32 bits per heavy atom. The number of carbonyl (C=O) groups is 1. The zero-order valence-electron chi connectivity index (χ0n) is 12.9. The van der Waals surface area contributed by atoms with Crippen LogP contribution in [0.15, 0.2) is 46.0 Å². The number of halogens is 3. The molecule has 25 heavy (non-hydrogen) atoms. The third kappa shape index (κ3) is 3.47. The molecular formula is C16H12BrClFN3O2S. The van der Waals surface area contributed by atoms with Crippen molar-refractivity contribution < 1.29 is 13.9 Å². The summed E-state index contributed by atoms with van der Waals surface area (Å²) in [4.78, 5) is 21.1. The van der Waals surface area contributed by atoms with Gasteiger partial charge in [0.1, 0.15) is 11.9 Å². The highest BCUT2D eigenvalue weighted by atomic mass is 79.9. The first-order valence-corrected chi connectivity index (χ1v) is 9.50. The van der Waals surface area contributed by atoms with Crippen molar-refractivity contribution in [2.45, 2.75) is 6.04 Å². The number of rotatable bonds is 4. The van der Waals surface area contributed by atoms with Gasteiger partial charge in [-0.2, -0.15) is 0 Å². The van der Waals surface area contributed by atoms with Crippen LogP contribution in [0.1, 0.15) is 16.6 Å². The van der Waals surface area contributed by atoms with E-state index in [4.69, 9.17) is 16.3 Å². The fourth-order valence-electron chi connectivity index (χ4n) is 2.48. The van der Waals surface area contributed by atoms with E-state index in [9.17, 15) is 9.18 Å². The summed E-state index contributed by atoms with van der Waals surface area (Å²) < 4.78 is 19.4. The van der Waals surface area contributed by atoms with Crippen molar-refractivity contribution in [1.29, 1.82) is 0 Å². The number of aromatic nitrogens is 1. The Kier molecular flexibility index (Phi) is 5.51. The Hall–Kier alpha value is -1.77. The number of aliphatic imine (C=N–C) groups is 1. The van der Waals surface area contributed by atoms with E-state index in [1.54, 1.807) is 17.6 Å². The lowest BCUT2D eigenvalue weighted by Gasteiger charge is -2.26. The molecule has 0 unspecified atom stereocenters. The average Bonchev–Trinajstić information content (AvgIpc) is 3.15. The highest BCUT2D eigenvalue weighted by Crippen LogP contribution is 2.37. The molecule has 9 heteroatoms. The van der Waals surface area contributed by atoms with Crippen LogP contribution in [0, 0.1) is 5.82 Å². The third-order valence-corrected chi connectivity index (χ3v) is 5.24. The number of ether oxygens (including phenoxy) is 1. The van der Waals surface area contributed by atoms with Gasteiger partial charge >= 0.3 is 5.97 Å². The van der Waals surface area contributed by atoms with Crippen LogP contribution in [0.5, 0.6) is 0 Å². The lowest BCUT2D eigenvalue weighted by atomic mass is 9.95. The van der Waals surface area contributed by atoms with Crippen molar-refractivity contribution in [3.05, 3.63) is 62.5 Å². The number of alkyl halides is 1. The molecule has 1 aromatic carbocycles. The van der Waals surface area contributed by atoms with E-state index >= 15 is 0 Å². The molecule has 2 aromatic rings. The molecule has 0 amide bonds. The third-order valence-electron chi connectivity index (χ3n) is 3.57. The van der Waals surface area contributed by atoms with Gasteiger partial charge in [0.25, 0.3) is 0 Å². The predicted molar refractivity (Wildman–Crippen MR) is 98.8 cm³/mol. The number of carbonyl (C=O) groups excluding carboxylic acids is 1. The number of hydrogen-bond acceptors (Lipinski definition) is 6. The average molecular weight is 445 g/mol. The Morgan fingerprint density at radius 3 is 2.92 bits per heavy atom. The minimum Gasteiger partial charge on any atom is -0.466 e. The Labute approximate surface area is 160 Å². The van der Waals surface area contributed by atoms with E-state index in [2.05, 4.69) is 31.2 Å². The minimum atomic E-state index is -0.936. The van der Waals surface area contributed by atoms with Crippen LogP contribution in [0.3, 0.4) is 0 Å². The molecule has 0 saturated carbocycles. The number of allylic oxidation sites excluding steroid dienone is 1. The summed E-state index contributed by atoms with van der Waals surface area (Å²) in [6.07, 6.45) is 1.64. The molecule has 1 N–H and O–H groups in total. The molecule has 0 saturated heterocycles. The van der Waals surface area contributed by atoms with Crippen molar-refractivity contribution in [3.8, 4) is 0 Å². The van der Waals surface area contributed by atoms with Gasteiger partial charge in [0.15, 0.2) is 10.8 Å². The molecule has 0 aliphatic carbocycles. The second kappa shape index (κ2) is 7.63. The predicted octanol–water partition coefficient (Wildman–Crippen LogP) is 3.85. The normalized spacial score (nSPS) is 17.1. The number of nitrogens with one attached hydrogen (secondary N) is 1. The maximum Gasteiger partial charge on any atom is 0.338 e. The first-order chi connectivity index (χ1) is 12.1. The van der Waals surface area contributed by atoms with Crippen molar-refractivity contribution in [1.82, 2.24) is 10.3 Å². The van der Waals surface area contributed by atoms with E-state index in [-0.39, 0.29) is 16.2 Å². The van der Waals surface area contributed by atoms with Crippen molar-refractivity contribution in [2.24, 2.45) is 4.99 Å². The summed E-state index contributed by atoms with van der Waals surface area (Å²) >= 11 is 10.9. The fourth-order valence-corrected chi connectivity index (χ4v) is 3.78. The zero-order valence-corrected chi connectivity index (χ0v) is 16.1. The number of benzene rings is 1. The van der Waals surface area contributed by atoms with Gasteiger partial charge in [-0.1, -0.05) is 33.6 Å². The van der Waals surface area contributed by atoms with Crippen LogP contribution < -0.4 is 5.32 Å². The summed E-state index contributed by atoms with van der Waals surface area (Å²) in [7, 11) is 1.27. The SMILES string of the molecule is COC(=O)C1=C(CBr)NC(c2nccs2)=N[C@H]1c1c(F)cccc1Cl. The number of thiazole rings is 1. The minimum absolute atomic E-state index is 0.124. The summed E-state index contributed by atoms with van der Waals surface area (Å²) in [6, 6.07) is 3.41. The highest BCUT2D eigenvalue weighted by molar-refractivity contribution is 9.09. The molecule has 1 aromatic heterocycles. The molecule has 0 fully saturated rings. The summed E-state index contributed by atoms with van der Waals surface area (Å²) in [6.45, 7) is 0. The molecule has 5 nitrogen and oxygen atoms in total. The number of esters is 1. The Bertz CT molecular complexity index is 850. The lowest BCUT2D eigenvalue weighted by Crippen LogP contribution is -2.34. The van der Waals surface area contributed by atoms with Gasteiger partial charge < -0.3 is 10.1 Å². The van der Waals surface area contributed by atoms with Gasteiger partial charge in [-0.05, 0) is 12.1 Å². The first-order valence-electron chi connectivity index (χ1n) is 7.12. The van der Waals surface area contributed by atoms with E-state index in [1.807, 2.05) is 0 Å². The second-order valence-electron chi connectivity index (χ2n) is 5.00. The largest absolute Gasteiger partial charge is 0.466 e. The molecule has 0 bridgehead atoms. The molecular weight excluding hydrogens is 433 g/mol. The van der Waals surface area contributed by atoms with Crippen LogP contribution in [-0.2, 0) is 9.53 Å². The van der Waals surface area contributed by atoms with E-state index in [0.717, 1.165) is 0 Å². The highest BCUT2D eigenvalue weighted by Gasteiger charge is 2.34. The van der Waals surface area contributed by atoms with Gasteiger partial charge in [0, 0.05) is 33.2 Å².